The number of ether oxygens (including phenoxy) is 1. The Hall–Kier alpha value is -3.68. The molecule has 2 aromatic carbocycles. The zero-order valence-corrected chi connectivity index (χ0v) is 16.5. The molecule has 0 aliphatic rings. The van der Waals surface area contributed by atoms with Gasteiger partial charge in [0, 0.05) is 31.3 Å². The van der Waals surface area contributed by atoms with Crippen molar-refractivity contribution in [3.05, 3.63) is 75.6 Å². The fourth-order valence-corrected chi connectivity index (χ4v) is 2.98. The summed E-state index contributed by atoms with van der Waals surface area (Å²) in [4.78, 5) is 23.0. The molecule has 150 valence electrons. The van der Waals surface area contributed by atoms with Crippen molar-refractivity contribution in [2.75, 3.05) is 5.32 Å². The van der Waals surface area contributed by atoms with Gasteiger partial charge in [-0.15, -0.1) is 0 Å². The Kier molecular flexibility index (Phi) is 5.92. The molecule has 0 radical (unpaired) electrons. The van der Waals surface area contributed by atoms with E-state index in [2.05, 4.69) is 10.4 Å². The molecular formula is C21H22N4O4. The summed E-state index contributed by atoms with van der Waals surface area (Å²) in [5.41, 5.74) is 3.06. The molecule has 1 N–H and O–H groups in total. The van der Waals surface area contributed by atoms with E-state index in [1.165, 1.54) is 12.1 Å². The number of nitro benzene ring substituents is 1. The molecule has 0 saturated heterocycles. The minimum Gasteiger partial charge on any atom is -0.457 e. The largest absolute Gasteiger partial charge is 0.457 e. The third-order valence-corrected chi connectivity index (χ3v) is 4.16. The summed E-state index contributed by atoms with van der Waals surface area (Å²) in [6.45, 7) is 6.18. The molecule has 0 spiro atoms. The minimum atomic E-state index is -0.517. The van der Waals surface area contributed by atoms with Gasteiger partial charge in [0.1, 0.15) is 11.5 Å². The SMILES string of the molecule is Cc1cc(C)cc(Oc2cc(NC(=O)CCn3ccc(C)n3)cc([N+](=O)[O-])c2)c1. The van der Waals surface area contributed by atoms with Gasteiger partial charge in [0.2, 0.25) is 5.91 Å². The fraction of sp³-hybridized carbons (Fsp3) is 0.238. The Labute approximate surface area is 168 Å². The zero-order valence-electron chi connectivity index (χ0n) is 16.5. The van der Waals surface area contributed by atoms with Crippen LogP contribution in [0.25, 0.3) is 0 Å². The van der Waals surface area contributed by atoms with Crippen molar-refractivity contribution in [1.82, 2.24) is 9.78 Å². The average molecular weight is 394 g/mol. The number of hydrogen-bond acceptors (Lipinski definition) is 5. The highest BCUT2D eigenvalue weighted by atomic mass is 16.6. The lowest BCUT2D eigenvalue weighted by molar-refractivity contribution is -0.384. The van der Waals surface area contributed by atoms with Crippen molar-refractivity contribution in [1.29, 1.82) is 0 Å². The van der Waals surface area contributed by atoms with Crippen molar-refractivity contribution in [3.8, 4) is 11.5 Å². The molecule has 0 aliphatic heterocycles. The summed E-state index contributed by atoms with van der Waals surface area (Å²) in [5.74, 6) is 0.590. The normalized spacial score (nSPS) is 10.6. The molecule has 0 unspecified atom stereocenters. The molecule has 29 heavy (non-hydrogen) atoms. The van der Waals surface area contributed by atoms with Crippen LogP contribution in [0.15, 0.2) is 48.7 Å². The van der Waals surface area contributed by atoms with E-state index in [0.717, 1.165) is 16.8 Å². The number of aryl methyl sites for hydroxylation is 4. The molecular weight excluding hydrogens is 372 g/mol. The Bertz CT molecular complexity index is 1040. The summed E-state index contributed by atoms with van der Waals surface area (Å²) in [5, 5.41) is 18.2. The van der Waals surface area contributed by atoms with Crippen molar-refractivity contribution >= 4 is 17.3 Å². The molecule has 0 saturated carbocycles. The highest BCUT2D eigenvalue weighted by Gasteiger charge is 2.13. The molecule has 3 aromatic rings. The number of carbonyl (C=O) groups excluding carboxylic acids is 1. The minimum absolute atomic E-state index is 0.162. The second-order valence-electron chi connectivity index (χ2n) is 6.92. The van der Waals surface area contributed by atoms with Crippen LogP contribution in [0.5, 0.6) is 11.5 Å². The van der Waals surface area contributed by atoms with E-state index < -0.39 is 4.92 Å². The predicted octanol–water partition coefficient (Wildman–Crippen LogP) is 4.54. The molecule has 0 atom stereocenters. The summed E-state index contributed by atoms with van der Waals surface area (Å²) >= 11 is 0. The number of nitrogens with one attached hydrogen (secondary N) is 1. The van der Waals surface area contributed by atoms with Crippen LogP contribution >= 0.6 is 0 Å². The molecule has 1 heterocycles. The van der Waals surface area contributed by atoms with E-state index in [9.17, 15) is 14.9 Å². The second kappa shape index (κ2) is 8.55. The highest BCUT2D eigenvalue weighted by Crippen LogP contribution is 2.30. The molecule has 8 heteroatoms. The summed E-state index contributed by atoms with van der Waals surface area (Å²) in [6, 6.07) is 11.8. The van der Waals surface area contributed by atoms with Gasteiger partial charge < -0.3 is 10.1 Å². The first-order valence-corrected chi connectivity index (χ1v) is 9.14. The smallest absolute Gasteiger partial charge is 0.275 e. The van der Waals surface area contributed by atoms with E-state index in [1.807, 2.05) is 45.0 Å². The number of hydrogen-bond donors (Lipinski definition) is 1. The third kappa shape index (κ3) is 5.65. The molecule has 0 fully saturated rings. The van der Waals surface area contributed by atoms with Crippen LogP contribution in [0.4, 0.5) is 11.4 Å². The molecule has 8 nitrogen and oxygen atoms in total. The summed E-state index contributed by atoms with van der Waals surface area (Å²) in [7, 11) is 0. The van der Waals surface area contributed by atoms with Gasteiger partial charge in [-0.3, -0.25) is 19.6 Å². The van der Waals surface area contributed by atoms with E-state index >= 15 is 0 Å². The van der Waals surface area contributed by atoms with Gasteiger partial charge in [-0.2, -0.15) is 5.10 Å². The Balaban J connectivity index is 1.75. The van der Waals surface area contributed by atoms with Gasteiger partial charge >= 0.3 is 0 Å². The van der Waals surface area contributed by atoms with Crippen LogP contribution < -0.4 is 10.1 Å². The van der Waals surface area contributed by atoms with E-state index in [1.54, 1.807) is 16.9 Å². The number of non-ortho nitro benzene ring substituents is 1. The number of benzene rings is 2. The quantitative estimate of drug-likeness (QED) is 0.468. The number of nitro groups is 1. The Morgan fingerprint density at radius 3 is 2.41 bits per heavy atom. The van der Waals surface area contributed by atoms with Crippen LogP contribution in [0, 0.1) is 30.9 Å². The zero-order chi connectivity index (χ0) is 21.0. The Morgan fingerprint density at radius 1 is 1.10 bits per heavy atom. The van der Waals surface area contributed by atoms with Gasteiger partial charge in [-0.05, 0) is 50.1 Å². The monoisotopic (exact) mass is 394 g/mol. The van der Waals surface area contributed by atoms with Gasteiger partial charge in [0.15, 0.2) is 0 Å². The lowest BCUT2D eigenvalue weighted by Crippen LogP contribution is -2.15. The van der Waals surface area contributed by atoms with Crippen LogP contribution in [-0.4, -0.2) is 20.6 Å². The van der Waals surface area contributed by atoms with Crippen LogP contribution in [-0.2, 0) is 11.3 Å². The van der Waals surface area contributed by atoms with E-state index in [4.69, 9.17) is 4.74 Å². The summed E-state index contributed by atoms with van der Waals surface area (Å²) < 4.78 is 7.49. The Morgan fingerprint density at radius 2 is 1.79 bits per heavy atom. The number of amides is 1. The number of aromatic nitrogens is 2. The predicted molar refractivity (Wildman–Crippen MR) is 109 cm³/mol. The molecule has 0 aliphatic carbocycles. The van der Waals surface area contributed by atoms with Crippen LogP contribution in [0.2, 0.25) is 0 Å². The molecule has 1 aromatic heterocycles. The number of nitrogens with zero attached hydrogens (tertiary/aromatic N) is 3. The first-order valence-electron chi connectivity index (χ1n) is 9.14. The van der Waals surface area contributed by atoms with Gasteiger partial charge in [0.25, 0.3) is 5.69 Å². The number of carbonyl (C=O) groups is 1. The highest BCUT2D eigenvalue weighted by molar-refractivity contribution is 5.91. The van der Waals surface area contributed by atoms with Crippen LogP contribution in [0.1, 0.15) is 23.2 Å². The van der Waals surface area contributed by atoms with Gasteiger partial charge in [0.05, 0.1) is 22.4 Å². The standard InChI is InChI=1S/C21H22N4O4/c1-14-8-15(2)10-19(9-14)29-20-12-17(11-18(13-20)25(27)28)22-21(26)5-7-24-6-4-16(3)23-24/h4,6,8-13H,5,7H2,1-3H3,(H,22,26). The van der Waals surface area contributed by atoms with Crippen molar-refractivity contribution < 1.29 is 14.5 Å². The van der Waals surface area contributed by atoms with E-state index in [-0.39, 0.29) is 23.8 Å². The van der Waals surface area contributed by atoms with Crippen LogP contribution in [0.3, 0.4) is 0 Å². The van der Waals surface area contributed by atoms with Crippen molar-refractivity contribution in [2.24, 2.45) is 0 Å². The molecule has 3 rings (SSSR count). The number of rotatable bonds is 7. The second-order valence-corrected chi connectivity index (χ2v) is 6.92. The average Bonchev–Trinajstić information content (AvgIpc) is 3.04. The van der Waals surface area contributed by atoms with Crippen molar-refractivity contribution in [2.45, 2.75) is 33.7 Å². The summed E-state index contributed by atoms with van der Waals surface area (Å²) in [6.07, 6.45) is 1.99. The lowest BCUT2D eigenvalue weighted by Gasteiger charge is -2.11. The maximum absolute atomic E-state index is 12.3. The molecule has 0 bridgehead atoms. The van der Waals surface area contributed by atoms with Gasteiger partial charge in [-0.25, -0.2) is 0 Å². The topological polar surface area (TPSA) is 99.3 Å². The van der Waals surface area contributed by atoms with Crippen molar-refractivity contribution in [3.63, 3.8) is 0 Å². The first kappa shape index (κ1) is 20.1. The van der Waals surface area contributed by atoms with Gasteiger partial charge in [-0.1, -0.05) is 6.07 Å². The first-order chi connectivity index (χ1) is 13.8. The van der Waals surface area contributed by atoms with E-state index in [0.29, 0.717) is 18.0 Å². The number of anilines is 1. The maximum atomic E-state index is 12.3. The lowest BCUT2D eigenvalue weighted by atomic mass is 10.1. The molecule has 1 amide bonds. The third-order valence-electron chi connectivity index (χ3n) is 4.16. The maximum Gasteiger partial charge on any atom is 0.275 e. The fourth-order valence-electron chi connectivity index (χ4n) is 2.98.